The second-order valence-corrected chi connectivity index (χ2v) is 6.86. The number of nitrogens with zero attached hydrogens (tertiary/aromatic N) is 2. The van der Waals surface area contributed by atoms with Crippen molar-refractivity contribution >= 4 is 23.1 Å². The second kappa shape index (κ2) is 7.04. The normalized spacial score (nSPS) is 19.3. The van der Waals surface area contributed by atoms with E-state index in [1.807, 2.05) is 0 Å². The molecule has 1 saturated heterocycles. The fourth-order valence-electron chi connectivity index (χ4n) is 3.75. The van der Waals surface area contributed by atoms with Crippen LogP contribution in [0.2, 0.25) is 0 Å². The summed E-state index contributed by atoms with van der Waals surface area (Å²) < 4.78 is 10.8. The zero-order valence-electron chi connectivity index (χ0n) is 15.7. The highest BCUT2D eigenvalue weighted by molar-refractivity contribution is 6.51. The molecular formula is C23H16N2O5. The molecule has 148 valence electrons. The summed E-state index contributed by atoms with van der Waals surface area (Å²) >= 11 is 0. The van der Waals surface area contributed by atoms with Crippen LogP contribution in [-0.2, 0) is 9.59 Å². The molecule has 2 aromatic carbocycles. The molecular weight excluding hydrogens is 384 g/mol. The number of ketones is 1. The van der Waals surface area contributed by atoms with Gasteiger partial charge in [-0.3, -0.25) is 19.5 Å². The number of rotatable bonds is 3. The number of pyridine rings is 1. The number of amides is 1. The number of Topliss-reactive ketones (excluding diaryl/α,β-unsaturated/α-hetero) is 1. The Balaban J connectivity index is 1.73. The van der Waals surface area contributed by atoms with E-state index in [-0.39, 0.29) is 18.1 Å². The van der Waals surface area contributed by atoms with Crippen molar-refractivity contribution < 1.29 is 24.2 Å². The Morgan fingerprint density at radius 1 is 1.00 bits per heavy atom. The highest BCUT2D eigenvalue weighted by Gasteiger charge is 2.47. The lowest BCUT2D eigenvalue weighted by molar-refractivity contribution is -0.132. The monoisotopic (exact) mass is 400 g/mol. The van der Waals surface area contributed by atoms with Gasteiger partial charge in [0.2, 0.25) is 6.79 Å². The van der Waals surface area contributed by atoms with Gasteiger partial charge in [-0.05, 0) is 29.8 Å². The summed E-state index contributed by atoms with van der Waals surface area (Å²) in [5, 5.41) is 11.0. The van der Waals surface area contributed by atoms with Crippen LogP contribution in [0.1, 0.15) is 17.2 Å². The summed E-state index contributed by atoms with van der Waals surface area (Å²) in [6.07, 6.45) is 3.09. The summed E-state index contributed by atoms with van der Waals surface area (Å²) in [6, 6.07) is 16.4. The van der Waals surface area contributed by atoms with Crippen LogP contribution in [0.5, 0.6) is 11.5 Å². The van der Waals surface area contributed by atoms with Crippen LogP contribution in [0.15, 0.2) is 78.6 Å². The first-order valence-electron chi connectivity index (χ1n) is 9.31. The molecule has 0 aliphatic carbocycles. The molecule has 1 atom stereocenters. The van der Waals surface area contributed by atoms with E-state index in [2.05, 4.69) is 4.98 Å². The van der Waals surface area contributed by atoms with E-state index < -0.39 is 17.7 Å². The SMILES string of the molecule is O=C1C(=O)N(c2cccnc2)C(c2ccc3c(c2)OCO3)C1=C(O)c1ccccc1. The number of hydrogen-bond donors (Lipinski definition) is 1. The van der Waals surface area contributed by atoms with Crippen LogP contribution in [0, 0.1) is 0 Å². The van der Waals surface area contributed by atoms with E-state index in [1.165, 1.54) is 11.1 Å². The van der Waals surface area contributed by atoms with E-state index in [0.717, 1.165) is 0 Å². The van der Waals surface area contributed by atoms with Crippen molar-refractivity contribution in [1.29, 1.82) is 0 Å². The average molecular weight is 400 g/mol. The fourth-order valence-corrected chi connectivity index (χ4v) is 3.75. The standard InChI is InChI=1S/C23H16N2O5/c26-21(14-5-2-1-3-6-14)19-20(15-8-9-17-18(11-15)30-13-29-17)25(23(28)22(19)27)16-7-4-10-24-12-16/h1-12,20,26H,13H2. The van der Waals surface area contributed by atoms with Crippen molar-refractivity contribution in [3.05, 3.63) is 89.8 Å². The maximum Gasteiger partial charge on any atom is 0.300 e. The van der Waals surface area contributed by atoms with Crippen molar-refractivity contribution in [3.63, 3.8) is 0 Å². The lowest BCUT2D eigenvalue weighted by Crippen LogP contribution is -2.29. The van der Waals surface area contributed by atoms with Crippen LogP contribution < -0.4 is 14.4 Å². The van der Waals surface area contributed by atoms with Gasteiger partial charge in [-0.15, -0.1) is 0 Å². The topological polar surface area (TPSA) is 89.0 Å². The Hall–Kier alpha value is -4.13. The summed E-state index contributed by atoms with van der Waals surface area (Å²) in [7, 11) is 0. The van der Waals surface area contributed by atoms with E-state index in [1.54, 1.807) is 66.9 Å². The third kappa shape index (κ3) is 2.79. The molecule has 0 saturated carbocycles. The second-order valence-electron chi connectivity index (χ2n) is 6.86. The van der Waals surface area contributed by atoms with Gasteiger partial charge < -0.3 is 14.6 Å². The van der Waals surface area contributed by atoms with Gasteiger partial charge in [0.15, 0.2) is 11.5 Å². The zero-order valence-corrected chi connectivity index (χ0v) is 15.7. The molecule has 1 N–H and O–H groups in total. The number of fused-ring (bicyclic) bond motifs is 1. The van der Waals surface area contributed by atoms with Gasteiger partial charge in [0.1, 0.15) is 5.76 Å². The summed E-state index contributed by atoms with van der Waals surface area (Å²) in [4.78, 5) is 31.5. The average Bonchev–Trinajstić information content (AvgIpc) is 3.36. The number of aromatic nitrogens is 1. The van der Waals surface area contributed by atoms with Crippen molar-refractivity contribution in [3.8, 4) is 11.5 Å². The molecule has 0 bridgehead atoms. The Labute approximate surface area is 171 Å². The smallest absolute Gasteiger partial charge is 0.300 e. The molecule has 1 unspecified atom stereocenters. The lowest BCUT2D eigenvalue weighted by Gasteiger charge is -2.25. The van der Waals surface area contributed by atoms with Crippen LogP contribution >= 0.6 is 0 Å². The Morgan fingerprint density at radius 3 is 2.57 bits per heavy atom. The van der Waals surface area contributed by atoms with E-state index >= 15 is 0 Å². The molecule has 2 aliphatic rings. The number of carbonyl (C=O) groups is 2. The number of anilines is 1. The minimum atomic E-state index is -0.844. The first-order valence-corrected chi connectivity index (χ1v) is 9.31. The van der Waals surface area contributed by atoms with E-state index in [9.17, 15) is 14.7 Å². The summed E-state index contributed by atoms with van der Waals surface area (Å²) in [5.74, 6) is -0.627. The third-order valence-electron chi connectivity index (χ3n) is 5.13. The summed E-state index contributed by atoms with van der Waals surface area (Å²) in [5.41, 5.74) is 1.52. The molecule has 0 spiro atoms. The quantitative estimate of drug-likeness (QED) is 0.412. The lowest BCUT2D eigenvalue weighted by atomic mass is 9.95. The number of carbonyl (C=O) groups excluding carboxylic acids is 2. The van der Waals surface area contributed by atoms with Crippen LogP contribution in [0.25, 0.3) is 5.76 Å². The maximum atomic E-state index is 13.0. The third-order valence-corrected chi connectivity index (χ3v) is 5.13. The molecule has 1 aromatic heterocycles. The Bertz CT molecular complexity index is 1170. The van der Waals surface area contributed by atoms with Crippen molar-refractivity contribution in [2.75, 3.05) is 11.7 Å². The van der Waals surface area contributed by atoms with Gasteiger partial charge in [0, 0.05) is 11.8 Å². The molecule has 7 heteroatoms. The van der Waals surface area contributed by atoms with Gasteiger partial charge in [-0.2, -0.15) is 0 Å². The highest BCUT2D eigenvalue weighted by atomic mass is 16.7. The fraction of sp³-hybridized carbons (Fsp3) is 0.0870. The molecule has 1 fully saturated rings. The van der Waals surface area contributed by atoms with Crippen molar-refractivity contribution in [2.24, 2.45) is 0 Å². The number of aliphatic hydroxyl groups excluding tert-OH is 1. The molecule has 0 radical (unpaired) electrons. The van der Waals surface area contributed by atoms with Gasteiger partial charge in [-0.1, -0.05) is 36.4 Å². The molecule has 1 amide bonds. The van der Waals surface area contributed by atoms with E-state index in [0.29, 0.717) is 28.3 Å². The van der Waals surface area contributed by atoms with Crippen molar-refractivity contribution in [2.45, 2.75) is 6.04 Å². The number of benzene rings is 2. The first-order chi connectivity index (χ1) is 14.6. The first kappa shape index (κ1) is 17.9. The zero-order chi connectivity index (χ0) is 20.7. The predicted molar refractivity (Wildman–Crippen MR) is 108 cm³/mol. The number of hydrogen-bond acceptors (Lipinski definition) is 6. The number of ether oxygens (including phenoxy) is 2. The van der Waals surface area contributed by atoms with Crippen LogP contribution in [0.4, 0.5) is 5.69 Å². The molecule has 5 rings (SSSR count). The Morgan fingerprint density at radius 2 is 1.80 bits per heavy atom. The van der Waals surface area contributed by atoms with Gasteiger partial charge in [0.05, 0.1) is 23.5 Å². The molecule has 7 nitrogen and oxygen atoms in total. The summed E-state index contributed by atoms with van der Waals surface area (Å²) in [6.45, 7) is 0.103. The van der Waals surface area contributed by atoms with Gasteiger partial charge in [0.25, 0.3) is 11.7 Å². The Kier molecular flexibility index (Phi) is 4.21. The minimum Gasteiger partial charge on any atom is -0.507 e. The minimum absolute atomic E-state index is 0.00826. The van der Waals surface area contributed by atoms with Crippen molar-refractivity contribution in [1.82, 2.24) is 4.98 Å². The van der Waals surface area contributed by atoms with E-state index in [4.69, 9.17) is 9.47 Å². The maximum absolute atomic E-state index is 13.0. The molecule has 2 aliphatic heterocycles. The number of aliphatic hydroxyl groups is 1. The van der Waals surface area contributed by atoms with Crippen LogP contribution in [-0.4, -0.2) is 28.6 Å². The van der Waals surface area contributed by atoms with Crippen LogP contribution in [0.3, 0.4) is 0 Å². The van der Waals surface area contributed by atoms with Gasteiger partial charge >= 0.3 is 0 Å². The largest absolute Gasteiger partial charge is 0.507 e. The molecule has 3 heterocycles. The van der Waals surface area contributed by atoms with Gasteiger partial charge in [-0.25, -0.2) is 0 Å². The molecule has 3 aromatic rings. The highest BCUT2D eigenvalue weighted by Crippen LogP contribution is 2.44. The molecule has 30 heavy (non-hydrogen) atoms. The predicted octanol–water partition coefficient (Wildman–Crippen LogP) is 3.44.